The van der Waals surface area contributed by atoms with Crippen LogP contribution in [0.1, 0.15) is 50.3 Å². The van der Waals surface area contributed by atoms with E-state index in [2.05, 4.69) is 23.1 Å². The van der Waals surface area contributed by atoms with Gasteiger partial charge in [0.2, 0.25) is 0 Å². The fourth-order valence-corrected chi connectivity index (χ4v) is 5.67. The first-order valence-electron chi connectivity index (χ1n) is 13.6. The van der Waals surface area contributed by atoms with Crippen molar-refractivity contribution in [1.29, 1.82) is 0 Å². The number of morpholine rings is 1. The summed E-state index contributed by atoms with van der Waals surface area (Å²) >= 11 is 0. The molecule has 3 heterocycles. The van der Waals surface area contributed by atoms with E-state index in [1.54, 1.807) is 9.80 Å². The molecule has 0 unspecified atom stereocenters. The van der Waals surface area contributed by atoms with E-state index in [0.29, 0.717) is 19.6 Å². The lowest BCUT2D eigenvalue weighted by Gasteiger charge is -2.39. The minimum absolute atomic E-state index is 0.219. The largest absolute Gasteiger partial charge is 0.445 e. The van der Waals surface area contributed by atoms with Crippen molar-refractivity contribution in [3.63, 3.8) is 0 Å². The molecule has 0 atom stereocenters. The van der Waals surface area contributed by atoms with Crippen molar-refractivity contribution in [3.05, 3.63) is 65.2 Å². The molecular formula is C30H39N3O5. The topological polar surface area (TPSA) is 71.5 Å². The zero-order chi connectivity index (χ0) is 26.8. The van der Waals surface area contributed by atoms with Crippen LogP contribution in [0.3, 0.4) is 0 Å². The molecule has 5 rings (SSSR count). The van der Waals surface area contributed by atoms with Gasteiger partial charge < -0.3 is 19.1 Å². The Balaban J connectivity index is 1.32. The third-order valence-corrected chi connectivity index (χ3v) is 7.69. The van der Waals surface area contributed by atoms with Crippen molar-refractivity contribution < 1.29 is 23.8 Å². The zero-order valence-electron chi connectivity index (χ0n) is 22.8. The summed E-state index contributed by atoms with van der Waals surface area (Å²) in [5.74, 6) is 0. The maximum Gasteiger partial charge on any atom is 0.414 e. The van der Waals surface area contributed by atoms with Crippen molar-refractivity contribution in [3.8, 4) is 0 Å². The Morgan fingerprint density at radius 1 is 0.921 bits per heavy atom. The number of carbonyl (C=O) groups excluding carboxylic acids is 2. The van der Waals surface area contributed by atoms with E-state index >= 15 is 0 Å². The minimum Gasteiger partial charge on any atom is -0.445 e. The molecule has 1 spiro atoms. The van der Waals surface area contributed by atoms with Gasteiger partial charge in [0, 0.05) is 44.7 Å². The Morgan fingerprint density at radius 2 is 1.63 bits per heavy atom. The van der Waals surface area contributed by atoms with E-state index in [0.717, 1.165) is 56.9 Å². The third kappa shape index (κ3) is 5.97. The van der Waals surface area contributed by atoms with Crippen molar-refractivity contribution >= 4 is 17.9 Å². The molecule has 0 aromatic heterocycles. The number of fused-ring (bicyclic) bond motifs is 2. The molecule has 204 valence electrons. The standard InChI is InChI=1S/C30H39N3O5/c1-29(2,3)38-28(35)33-22-30(25-19-24(9-10-26(25)33)20-31-15-17-36-18-16-31)11-13-32(14-12-30)27(34)37-21-23-7-5-4-6-8-23/h4-10,19H,11-18,20-22H2,1-3H3. The predicted octanol–water partition coefficient (Wildman–Crippen LogP) is 4.94. The number of piperidine rings is 1. The lowest BCUT2D eigenvalue weighted by atomic mass is 9.74. The molecule has 0 bridgehead atoms. The molecule has 2 amide bonds. The molecule has 3 aliphatic rings. The monoisotopic (exact) mass is 521 g/mol. The van der Waals surface area contributed by atoms with Crippen LogP contribution in [-0.4, -0.2) is 73.5 Å². The number of hydrogen-bond acceptors (Lipinski definition) is 6. The lowest BCUT2D eigenvalue weighted by Crippen LogP contribution is -2.48. The number of rotatable bonds is 4. The molecule has 3 aliphatic heterocycles. The summed E-state index contributed by atoms with van der Waals surface area (Å²) in [5.41, 5.74) is 3.52. The van der Waals surface area contributed by atoms with Crippen molar-refractivity contribution in [2.24, 2.45) is 0 Å². The molecule has 2 saturated heterocycles. The molecule has 8 heteroatoms. The Bertz CT molecular complexity index is 1130. The van der Waals surface area contributed by atoms with Crippen LogP contribution in [0.4, 0.5) is 15.3 Å². The molecular weight excluding hydrogens is 482 g/mol. The number of carbonyl (C=O) groups is 2. The molecule has 0 N–H and O–H groups in total. The van der Waals surface area contributed by atoms with Crippen molar-refractivity contribution in [2.45, 2.75) is 57.8 Å². The summed E-state index contributed by atoms with van der Waals surface area (Å²) in [6, 6.07) is 16.2. The molecule has 8 nitrogen and oxygen atoms in total. The maximum atomic E-state index is 13.2. The van der Waals surface area contributed by atoms with E-state index in [4.69, 9.17) is 14.2 Å². The van der Waals surface area contributed by atoms with E-state index < -0.39 is 5.60 Å². The molecule has 38 heavy (non-hydrogen) atoms. The molecule has 2 aromatic carbocycles. The van der Waals surface area contributed by atoms with Gasteiger partial charge in [-0.05, 0) is 56.4 Å². The van der Waals surface area contributed by atoms with Crippen LogP contribution in [0.2, 0.25) is 0 Å². The maximum absolute atomic E-state index is 13.2. The summed E-state index contributed by atoms with van der Waals surface area (Å²) in [6.45, 7) is 11.9. The van der Waals surface area contributed by atoms with Crippen LogP contribution in [-0.2, 0) is 32.8 Å². The number of likely N-dealkylation sites (tertiary alicyclic amines) is 1. The molecule has 2 aromatic rings. The number of nitrogens with zero attached hydrogens (tertiary/aromatic N) is 3. The van der Waals surface area contributed by atoms with Gasteiger partial charge in [0.25, 0.3) is 0 Å². The van der Waals surface area contributed by atoms with Gasteiger partial charge >= 0.3 is 12.2 Å². The second kappa shape index (κ2) is 10.9. The Labute approximate surface area is 225 Å². The highest BCUT2D eigenvalue weighted by Gasteiger charge is 2.48. The van der Waals surface area contributed by atoms with E-state index in [-0.39, 0.29) is 24.2 Å². The van der Waals surface area contributed by atoms with Gasteiger partial charge in [0.15, 0.2) is 0 Å². The highest BCUT2D eigenvalue weighted by molar-refractivity contribution is 5.92. The second-order valence-electron chi connectivity index (χ2n) is 11.6. The summed E-state index contributed by atoms with van der Waals surface area (Å²) in [6.07, 6.45) is 0.926. The Hall–Kier alpha value is -3.10. The van der Waals surface area contributed by atoms with Gasteiger partial charge in [0.1, 0.15) is 12.2 Å². The molecule has 0 saturated carbocycles. The molecule has 0 radical (unpaired) electrons. The summed E-state index contributed by atoms with van der Waals surface area (Å²) in [7, 11) is 0. The highest BCUT2D eigenvalue weighted by atomic mass is 16.6. The number of ether oxygens (including phenoxy) is 3. The first-order chi connectivity index (χ1) is 18.2. The lowest BCUT2D eigenvalue weighted by molar-refractivity contribution is 0.0341. The fraction of sp³-hybridized carbons (Fsp3) is 0.533. The average molecular weight is 522 g/mol. The van der Waals surface area contributed by atoms with Gasteiger partial charge in [0.05, 0.1) is 18.9 Å². The highest BCUT2D eigenvalue weighted by Crippen LogP contribution is 2.48. The van der Waals surface area contributed by atoms with E-state index in [1.165, 1.54) is 11.1 Å². The second-order valence-corrected chi connectivity index (χ2v) is 11.6. The molecule has 2 fully saturated rings. The SMILES string of the molecule is CC(C)(C)OC(=O)N1CC2(CCN(C(=O)OCc3ccccc3)CC2)c2cc(CN3CCOCC3)ccc21. The summed E-state index contributed by atoms with van der Waals surface area (Å²) in [4.78, 5) is 32.1. The summed E-state index contributed by atoms with van der Waals surface area (Å²) in [5, 5.41) is 0. The van der Waals surface area contributed by atoms with Crippen LogP contribution >= 0.6 is 0 Å². The molecule has 0 aliphatic carbocycles. The van der Waals surface area contributed by atoms with Gasteiger partial charge in [-0.3, -0.25) is 9.80 Å². The Kier molecular flexibility index (Phi) is 7.63. The van der Waals surface area contributed by atoms with Crippen LogP contribution in [0.15, 0.2) is 48.5 Å². The quantitative estimate of drug-likeness (QED) is 0.567. The first-order valence-corrected chi connectivity index (χ1v) is 13.6. The van der Waals surface area contributed by atoms with E-state index in [1.807, 2.05) is 51.1 Å². The average Bonchev–Trinajstić information content (AvgIpc) is 3.21. The van der Waals surface area contributed by atoms with Crippen LogP contribution in [0, 0.1) is 0 Å². The summed E-state index contributed by atoms with van der Waals surface area (Å²) < 4.78 is 16.9. The first kappa shape index (κ1) is 26.5. The zero-order valence-corrected chi connectivity index (χ0v) is 22.8. The predicted molar refractivity (Wildman–Crippen MR) is 145 cm³/mol. The van der Waals surface area contributed by atoms with Crippen molar-refractivity contribution in [1.82, 2.24) is 9.80 Å². The smallest absolute Gasteiger partial charge is 0.414 e. The van der Waals surface area contributed by atoms with Gasteiger partial charge in [-0.25, -0.2) is 9.59 Å². The third-order valence-electron chi connectivity index (χ3n) is 7.69. The van der Waals surface area contributed by atoms with Crippen LogP contribution in [0.5, 0.6) is 0 Å². The Morgan fingerprint density at radius 3 is 2.32 bits per heavy atom. The fourth-order valence-electron chi connectivity index (χ4n) is 5.67. The number of benzene rings is 2. The number of anilines is 1. The van der Waals surface area contributed by atoms with Crippen LogP contribution < -0.4 is 4.90 Å². The number of amides is 2. The van der Waals surface area contributed by atoms with Gasteiger partial charge in [-0.15, -0.1) is 0 Å². The van der Waals surface area contributed by atoms with Crippen molar-refractivity contribution in [2.75, 3.05) is 50.8 Å². The number of hydrogen-bond donors (Lipinski definition) is 0. The van der Waals surface area contributed by atoms with Gasteiger partial charge in [-0.2, -0.15) is 0 Å². The minimum atomic E-state index is -0.574. The normalized spacial score (nSPS) is 19.3. The van der Waals surface area contributed by atoms with Gasteiger partial charge in [-0.1, -0.05) is 42.5 Å². The van der Waals surface area contributed by atoms with E-state index in [9.17, 15) is 9.59 Å². The van der Waals surface area contributed by atoms with Crippen LogP contribution in [0.25, 0.3) is 0 Å².